The highest BCUT2D eigenvalue weighted by atomic mass is 16.7. The van der Waals surface area contributed by atoms with Gasteiger partial charge in [0.25, 0.3) is 0 Å². The molecular formula is C22H30N4O2. The van der Waals surface area contributed by atoms with E-state index in [0.29, 0.717) is 19.4 Å². The minimum atomic E-state index is 0.293. The second-order valence-corrected chi connectivity index (χ2v) is 7.24. The van der Waals surface area contributed by atoms with E-state index in [1.54, 1.807) is 7.05 Å². The first-order valence-electron chi connectivity index (χ1n) is 9.67. The maximum atomic E-state index is 5.44. The smallest absolute Gasteiger partial charge is 0.231 e. The number of hydrogen-bond acceptors (Lipinski definition) is 4. The Morgan fingerprint density at radius 2 is 1.75 bits per heavy atom. The number of guanidine groups is 1. The van der Waals surface area contributed by atoms with E-state index in [-0.39, 0.29) is 0 Å². The fourth-order valence-corrected chi connectivity index (χ4v) is 2.97. The van der Waals surface area contributed by atoms with Gasteiger partial charge in [0.05, 0.1) is 0 Å². The topological polar surface area (TPSA) is 58.1 Å². The minimum Gasteiger partial charge on any atom is -0.454 e. The summed E-state index contributed by atoms with van der Waals surface area (Å²) in [5, 5.41) is 6.77. The number of hydrogen-bond donors (Lipinski definition) is 2. The molecule has 1 heterocycles. The Morgan fingerprint density at radius 1 is 1.04 bits per heavy atom. The summed E-state index contributed by atoms with van der Waals surface area (Å²) >= 11 is 0. The molecule has 0 bridgehead atoms. The van der Waals surface area contributed by atoms with Crippen LogP contribution in [0.1, 0.15) is 30.5 Å². The first-order valence-corrected chi connectivity index (χ1v) is 9.67. The Bertz CT molecular complexity index is 820. The number of benzene rings is 2. The second-order valence-electron chi connectivity index (χ2n) is 7.24. The number of aliphatic imine (C=N–C) groups is 1. The van der Waals surface area contributed by atoms with Crippen molar-refractivity contribution < 1.29 is 9.47 Å². The normalized spacial score (nSPS) is 13.3. The highest BCUT2D eigenvalue weighted by Crippen LogP contribution is 2.32. The molecule has 2 N–H and O–H groups in total. The molecule has 0 aromatic heterocycles. The molecule has 28 heavy (non-hydrogen) atoms. The van der Waals surface area contributed by atoms with Crippen LogP contribution in [0.3, 0.4) is 0 Å². The monoisotopic (exact) mass is 382 g/mol. The number of nitrogens with one attached hydrogen (secondary N) is 2. The van der Waals surface area contributed by atoms with Crippen LogP contribution in [-0.4, -0.2) is 37.8 Å². The van der Waals surface area contributed by atoms with Gasteiger partial charge >= 0.3 is 0 Å². The molecule has 3 rings (SSSR count). The van der Waals surface area contributed by atoms with E-state index in [2.05, 4.69) is 65.7 Å². The minimum absolute atomic E-state index is 0.293. The van der Waals surface area contributed by atoms with E-state index < -0.39 is 0 Å². The molecule has 0 radical (unpaired) electrons. The molecule has 0 amide bonds. The van der Waals surface area contributed by atoms with Crippen LogP contribution in [0.25, 0.3) is 0 Å². The molecule has 1 aliphatic rings. The van der Waals surface area contributed by atoms with Crippen molar-refractivity contribution in [3.8, 4) is 11.5 Å². The lowest BCUT2D eigenvalue weighted by molar-refractivity contribution is 0.174. The Labute approximate surface area is 167 Å². The third kappa shape index (κ3) is 5.16. The lowest BCUT2D eigenvalue weighted by Crippen LogP contribution is -2.36. The summed E-state index contributed by atoms with van der Waals surface area (Å²) in [5.41, 5.74) is 3.73. The van der Waals surface area contributed by atoms with Crippen LogP contribution >= 0.6 is 0 Å². The summed E-state index contributed by atoms with van der Waals surface area (Å²) < 4.78 is 10.8. The van der Waals surface area contributed by atoms with Crippen LogP contribution in [0, 0.1) is 0 Å². The summed E-state index contributed by atoms with van der Waals surface area (Å²) in [6, 6.07) is 15.0. The van der Waals surface area contributed by atoms with Crippen LogP contribution in [-0.2, 0) is 19.6 Å². The predicted molar refractivity (Wildman–Crippen MR) is 113 cm³/mol. The highest BCUT2D eigenvalue weighted by Gasteiger charge is 2.13. The quantitative estimate of drug-likeness (QED) is 0.569. The standard InChI is InChI=1S/C22H30N4O2/c1-16(2)26(4)14-19-8-6-5-7-18(19)13-25-22(23-3)24-12-17-9-10-20-21(11-17)28-15-27-20/h5-11,16H,12-15H2,1-4H3,(H2,23,24,25). The van der Waals surface area contributed by atoms with Crippen LogP contribution in [0.5, 0.6) is 11.5 Å². The van der Waals surface area contributed by atoms with Gasteiger partial charge in [0.1, 0.15) is 0 Å². The number of rotatable bonds is 7. The Hall–Kier alpha value is -2.73. The number of fused-ring (bicyclic) bond motifs is 1. The van der Waals surface area contributed by atoms with E-state index in [4.69, 9.17) is 9.47 Å². The van der Waals surface area contributed by atoms with E-state index in [1.807, 2.05) is 18.2 Å². The summed E-state index contributed by atoms with van der Waals surface area (Å²) in [6.07, 6.45) is 0. The molecule has 0 saturated heterocycles. The second kappa shape index (κ2) is 9.46. The van der Waals surface area contributed by atoms with Crippen molar-refractivity contribution in [1.82, 2.24) is 15.5 Å². The Kier molecular flexibility index (Phi) is 6.76. The zero-order valence-corrected chi connectivity index (χ0v) is 17.2. The summed E-state index contributed by atoms with van der Waals surface area (Å²) in [5.74, 6) is 2.37. The van der Waals surface area contributed by atoms with Gasteiger partial charge in [-0.25, -0.2) is 0 Å². The van der Waals surface area contributed by atoms with Gasteiger partial charge in [-0.05, 0) is 49.7 Å². The fourth-order valence-electron chi connectivity index (χ4n) is 2.97. The number of nitrogens with zero attached hydrogens (tertiary/aromatic N) is 2. The van der Waals surface area contributed by atoms with Crippen molar-refractivity contribution >= 4 is 5.96 Å². The molecule has 2 aromatic rings. The first kappa shape index (κ1) is 20.0. The molecule has 0 saturated carbocycles. The van der Waals surface area contributed by atoms with Crippen molar-refractivity contribution in [3.63, 3.8) is 0 Å². The van der Waals surface area contributed by atoms with Gasteiger partial charge in [-0.15, -0.1) is 0 Å². The zero-order chi connectivity index (χ0) is 19.9. The van der Waals surface area contributed by atoms with Crippen LogP contribution in [0.4, 0.5) is 0 Å². The van der Waals surface area contributed by atoms with Crippen LogP contribution in [0.15, 0.2) is 47.5 Å². The van der Waals surface area contributed by atoms with E-state index in [1.165, 1.54) is 11.1 Å². The molecule has 0 aliphatic carbocycles. The van der Waals surface area contributed by atoms with Gasteiger partial charge < -0.3 is 20.1 Å². The highest BCUT2D eigenvalue weighted by molar-refractivity contribution is 5.79. The third-order valence-electron chi connectivity index (χ3n) is 4.99. The SMILES string of the molecule is CN=C(NCc1ccc2c(c1)OCO2)NCc1ccccc1CN(C)C(C)C. The maximum absolute atomic E-state index is 5.44. The maximum Gasteiger partial charge on any atom is 0.231 e. The molecule has 6 heteroatoms. The largest absolute Gasteiger partial charge is 0.454 e. The average Bonchev–Trinajstić information content (AvgIpc) is 3.17. The van der Waals surface area contributed by atoms with Gasteiger partial charge in [-0.1, -0.05) is 30.3 Å². The third-order valence-corrected chi connectivity index (χ3v) is 4.99. The zero-order valence-electron chi connectivity index (χ0n) is 17.2. The molecule has 2 aromatic carbocycles. The van der Waals surface area contributed by atoms with Crippen LogP contribution in [0.2, 0.25) is 0 Å². The van der Waals surface area contributed by atoms with Crippen molar-refractivity contribution in [2.24, 2.45) is 4.99 Å². The van der Waals surface area contributed by atoms with Crippen molar-refractivity contribution in [2.75, 3.05) is 20.9 Å². The molecule has 150 valence electrons. The molecule has 6 nitrogen and oxygen atoms in total. The fraction of sp³-hybridized carbons (Fsp3) is 0.409. The van der Waals surface area contributed by atoms with Gasteiger partial charge in [-0.3, -0.25) is 9.89 Å². The first-order chi connectivity index (χ1) is 13.6. The van der Waals surface area contributed by atoms with E-state index in [0.717, 1.165) is 36.1 Å². The predicted octanol–water partition coefficient (Wildman–Crippen LogP) is 3.12. The lowest BCUT2D eigenvalue weighted by Gasteiger charge is -2.23. The van der Waals surface area contributed by atoms with Gasteiger partial charge in [-0.2, -0.15) is 0 Å². The lowest BCUT2D eigenvalue weighted by atomic mass is 10.1. The van der Waals surface area contributed by atoms with Gasteiger partial charge in [0, 0.05) is 32.7 Å². The van der Waals surface area contributed by atoms with E-state index >= 15 is 0 Å². The summed E-state index contributed by atoms with van der Waals surface area (Å²) in [7, 11) is 3.94. The molecule has 0 atom stereocenters. The van der Waals surface area contributed by atoms with Gasteiger partial charge in [0.2, 0.25) is 6.79 Å². The van der Waals surface area contributed by atoms with Crippen LogP contribution < -0.4 is 20.1 Å². The van der Waals surface area contributed by atoms with Crippen molar-refractivity contribution in [2.45, 2.75) is 39.5 Å². The number of ether oxygens (including phenoxy) is 2. The Balaban J connectivity index is 1.56. The van der Waals surface area contributed by atoms with Gasteiger partial charge in [0.15, 0.2) is 17.5 Å². The molecule has 0 fully saturated rings. The molecular weight excluding hydrogens is 352 g/mol. The summed E-state index contributed by atoms with van der Waals surface area (Å²) in [4.78, 5) is 6.68. The summed E-state index contributed by atoms with van der Waals surface area (Å²) in [6.45, 7) is 7.03. The van der Waals surface area contributed by atoms with E-state index in [9.17, 15) is 0 Å². The molecule has 0 spiro atoms. The molecule has 0 unspecified atom stereocenters. The van der Waals surface area contributed by atoms with Crippen molar-refractivity contribution in [1.29, 1.82) is 0 Å². The van der Waals surface area contributed by atoms with Crippen molar-refractivity contribution in [3.05, 3.63) is 59.2 Å². The average molecular weight is 383 g/mol. The molecule has 1 aliphatic heterocycles. The Morgan fingerprint density at radius 3 is 2.50 bits per heavy atom.